The second-order valence-electron chi connectivity index (χ2n) is 11.4. The average Bonchev–Trinajstić information content (AvgIpc) is 3.00. The minimum Gasteiger partial charge on any atom is -0.345 e. The van der Waals surface area contributed by atoms with Crippen LogP contribution in [0.25, 0.3) is 0 Å². The topological polar surface area (TPSA) is 121 Å². The van der Waals surface area contributed by atoms with Crippen molar-refractivity contribution in [2.75, 3.05) is 38.7 Å². The molecule has 0 radical (unpaired) electrons. The molecule has 0 aliphatic carbocycles. The van der Waals surface area contributed by atoms with Crippen molar-refractivity contribution < 1.29 is 26.4 Å². The first-order chi connectivity index (χ1) is 20.8. The number of likely N-dealkylation sites (N-methyl/N-ethyl adjacent to an activating group) is 1. The molecule has 11 heteroatoms. The minimum atomic E-state index is -3.44. The fraction of sp³-hybridized carbons (Fsp3) is 0.394. The number of nitrogens with zero attached hydrogens (tertiary/aromatic N) is 2. The molecule has 1 aliphatic rings. The maximum Gasteiger partial charge on any atom is 0.251 e. The standard InChI is InChI=1S/C33H41N3O6S2/c1-4-36(32(37)23-25-13-15-29(16-14-25)43(2,39)40)28-17-20-35(21-18-28)22-19-31(26-9-6-5-7-10-26)34-33(38)27-11-8-12-30(24-27)44(3,41)42/h5-16,24,28,31H,4,17-23H2,1-3H3,(H,34,38)/t31-/m0/s1. The molecule has 44 heavy (non-hydrogen) atoms. The van der Waals surface area contributed by atoms with Gasteiger partial charge >= 0.3 is 0 Å². The molecule has 3 aromatic rings. The molecule has 4 rings (SSSR count). The minimum absolute atomic E-state index is 0.0323. The molecule has 0 aromatic heterocycles. The van der Waals surface area contributed by atoms with E-state index in [0.29, 0.717) is 18.5 Å². The Morgan fingerprint density at radius 3 is 2.09 bits per heavy atom. The monoisotopic (exact) mass is 639 g/mol. The van der Waals surface area contributed by atoms with Crippen molar-refractivity contribution in [1.82, 2.24) is 15.1 Å². The molecule has 1 heterocycles. The molecular weight excluding hydrogens is 599 g/mol. The molecule has 1 aliphatic heterocycles. The summed E-state index contributed by atoms with van der Waals surface area (Å²) < 4.78 is 47.5. The summed E-state index contributed by atoms with van der Waals surface area (Å²) >= 11 is 0. The van der Waals surface area contributed by atoms with Crippen LogP contribution in [-0.2, 0) is 30.9 Å². The van der Waals surface area contributed by atoms with E-state index < -0.39 is 19.7 Å². The summed E-state index contributed by atoms with van der Waals surface area (Å²) in [6, 6.07) is 22.2. The number of amides is 2. The van der Waals surface area contributed by atoms with Crippen molar-refractivity contribution in [2.45, 2.75) is 54.5 Å². The number of hydrogen-bond donors (Lipinski definition) is 1. The van der Waals surface area contributed by atoms with E-state index in [2.05, 4.69) is 10.2 Å². The first-order valence-electron chi connectivity index (χ1n) is 14.8. The lowest BCUT2D eigenvalue weighted by molar-refractivity contribution is -0.133. The third-order valence-electron chi connectivity index (χ3n) is 8.13. The number of likely N-dealkylation sites (tertiary alicyclic amines) is 1. The summed E-state index contributed by atoms with van der Waals surface area (Å²) in [4.78, 5) is 31.0. The highest BCUT2D eigenvalue weighted by Gasteiger charge is 2.28. The average molecular weight is 640 g/mol. The van der Waals surface area contributed by atoms with Crippen LogP contribution in [-0.4, -0.2) is 83.2 Å². The first-order valence-corrected chi connectivity index (χ1v) is 18.6. The van der Waals surface area contributed by atoms with Crippen LogP contribution >= 0.6 is 0 Å². The Balaban J connectivity index is 1.34. The lowest BCUT2D eigenvalue weighted by atomic mass is 9.99. The SMILES string of the molecule is CCN(C(=O)Cc1ccc(S(C)(=O)=O)cc1)C1CCN(CC[C@H](NC(=O)c2cccc(S(C)(=O)=O)c2)c2ccccc2)CC1. The van der Waals surface area contributed by atoms with Crippen LogP contribution in [0.2, 0.25) is 0 Å². The highest BCUT2D eigenvalue weighted by atomic mass is 32.2. The highest BCUT2D eigenvalue weighted by molar-refractivity contribution is 7.91. The Morgan fingerprint density at radius 2 is 1.50 bits per heavy atom. The summed E-state index contributed by atoms with van der Waals surface area (Å²) in [7, 11) is -6.72. The van der Waals surface area contributed by atoms with E-state index in [4.69, 9.17) is 0 Å². The van der Waals surface area contributed by atoms with E-state index in [9.17, 15) is 26.4 Å². The van der Waals surface area contributed by atoms with Gasteiger partial charge < -0.3 is 15.1 Å². The van der Waals surface area contributed by atoms with Gasteiger partial charge in [0, 0.05) is 50.3 Å². The second kappa shape index (κ2) is 14.5. The molecular formula is C33H41N3O6S2. The van der Waals surface area contributed by atoms with Gasteiger partial charge in [-0.1, -0.05) is 48.5 Å². The van der Waals surface area contributed by atoms with E-state index in [0.717, 1.165) is 49.9 Å². The highest BCUT2D eigenvalue weighted by Crippen LogP contribution is 2.23. The third kappa shape index (κ3) is 8.99. The van der Waals surface area contributed by atoms with Gasteiger partial charge in [0.05, 0.1) is 22.3 Å². The quantitative estimate of drug-likeness (QED) is 0.319. The van der Waals surface area contributed by atoms with Crippen molar-refractivity contribution in [3.63, 3.8) is 0 Å². The van der Waals surface area contributed by atoms with Crippen LogP contribution in [0.1, 0.15) is 53.7 Å². The smallest absolute Gasteiger partial charge is 0.251 e. The number of nitrogens with one attached hydrogen (secondary N) is 1. The zero-order valence-electron chi connectivity index (χ0n) is 25.5. The molecule has 9 nitrogen and oxygen atoms in total. The number of carbonyl (C=O) groups is 2. The molecule has 3 aromatic carbocycles. The summed E-state index contributed by atoms with van der Waals surface area (Å²) in [6.45, 7) is 4.98. The van der Waals surface area contributed by atoms with E-state index in [1.165, 1.54) is 18.4 Å². The molecule has 1 N–H and O–H groups in total. The Bertz CT molecular complexity index is 1650. The molecule has 236 valence electrons. The number of carbonyl (C=O) groups excluding carboxylic acids is 2. The molecule has 0 saturated carbocycles. The summed E-state index contributed by atoms with van der Waals surface area (Å²) in [5.41, 5.74) is 2.06. The molecule has 2 amide bonds. The van der Waals surface area contributed by atoms with Crippen molar-refractivity contribution in [1.29, 1.82) is 0 Å². The fourth-order valence-electron chi connectivity index (χ4n) is 5.65. The zero-order valence-corrected chi connectivity index (χ0v) is 27.1. The fourth-order valence-corrected chi connectivity index (χ4v) is 6.95. The Kier molecular flexibility index (Phi) is 11.0. The largest absolute Gasteiger partial charge is 0.345 e. The molecule has 1 fully saturated rings. The van der Waals surface area contributed by atoms with Crippen LogP contribution in [0, 0.1) is 0 Å². The van der Waals surface area contributed by atoms with Crippen molar-refractivity contribution in [3.05, 3.63) is 95.6 Å². The van der Waals surface area contributed by atoms with Crippen LogP contribution < -0.4 is 5.32 Å². The lowest BCUT2D eigenvalue weighted by Crippen LogP contribution is -2.48. The zero-order chi connectivity index (χ0) is 31.9. The lowest BCUT2D eigenvalue weighted by Gasteiger charge is -2.38. The van der Waals surface area contributed by atoms with Gasteiger partial charge in [0.1, 0.15) is 0 Å². The van der Waals surface area contributed by atoms with E-state index >= 15 is 0 Å². The van der Waals surface area contributed by atoms with Crippen molar-refractivity contribution in [2.24, 2.45) is 0 Å². The predicted molar refractivity (Wildman–Crippen MR) is 171 cm³/mol. The van der Waals surface area contributed by atoms with Crippen LogP contribution in [0.5, 0.6) is 0 Å². The van der Waals surface area contributed by atoms with E-state index in [1.54, 1.807) is 36.4 Å². The molecule has 0 spiro atoms. The van der Waals surface area contributed by atoms with Gasteiger partial charge in [0.2, 0.25) is 5.91 Å². The summed E-state index contributed by atoms with van der Waals surface area (Å²) in [5, 5.41) is 3.11. The number of piperidine rings is 1. The molecule has 0 bridgehead atoms. The number of sulfone groups is 2. The van der Waals surface area contributed by atoms with Crippen LogP contribution in [0.4, 0.5) is 0 Å². The number of hydrogen-bond acceptors (Lipinski definition) is 7. The predicted octanol–water partition coefficient (Wildman–Crippen LogP) is 3.91. The Hall–Kier alpha value is -3.54. The Morgan fingerprint density at radius 1 is 0.864 bits per heavy atom. The van der Waals surface area contributed by atoms with Gasteiger partial charge in [0.25, 0.3) is 5.91 Å². The first kappa shape index (κ1) is 33.4. The van der Waals surface area contributed by atoms with E-state index in [1.807, 2.05) is 42.2 Å². The Labute approximate surface area is 261 Å². The number of rotatable bonds is 12. The molecule has 0 unspecified atom stereocenters. The maximum atomic E-state index is 13.2. The van der Waals surface area contributed by atoms with Gasteiger partial charge in [-0.05, 0) is 67.6 Å². The molecule has 1 atom stereocenters. The van der Waals surface area contributed by atoms with Gasteiger partial charge in [-0.25, -0.2) is 16.8 Å². The summed E-state index contributed by atoms with van der Waals surface area (Å²) in [5.74, 6) is -0.295. The maximum absolute atomic E-state index is 13.2. The normalized spacial score (nSPS) is 15.4. The van der Waals surface area contributed by atoms with Crippen LogP contribution in [0.3, 0.4) is 0 Å². The number of benzene rings is 3. The summed E-state index contributed by atoms with van der Waals surface area (Å²) in [6.07, 6.45) is 4.87. The van der Waals surface area contributed by atoms with E-state index in [-0.39, 0.29) is 40.1 Å². The van der Waals surface area contributed by atoms with Crippen LogP contribution in [0.15, 0.2) is 88.7 Å². The molecule has 1 saturated heterocycles. The van der Waals surface area contributed by atoms with Crippen molar-refractivity contribution >= 4 is 31.5 Å². The van der Waals surface area contributed by atoms with Gasteiger partial charge in [-0.2, -0.15) is 0 Å². The van der Waals surface area contributed by atoms with Crippen molar-refractivity contribution in [3.8, 4) is 0 Å². The van der Waals surface area contributed by atoms with Gasteiger partial charge in [-0.3, -0.25) is 9.59 Å². The third-order valence-corrected chi connectivity index (χ3v) is 10.4. The van der Waals surface area contributed by atoms with Gasteiger partial charge in [-0.15, -0.1) is 0 Å². The second-order valence-corrected chi connectivity index (χ2v) is 15.4. The van der Waals surface area contributed by atoms with Gasteiger partial charge in [0.15, 0.2) is 19.7 Å².